The van der Waals surface area contributed by atoms with Crippen molar-refractivity contribution >= 4 is 17.6 Å². The van der Waals surface area contributed by atoms with Crippen LogP contribution < -0.4 is 0 Å². The number of rotatable bonds is 3. The van der Waals surface area contributed by atoms with Gasteiger partial charge < -0.3 is 9.84 Å². The summed E-state index contributed by atoms with van der Waals surface area (Å²) < 4.78 is 6.58. The Morgan fingerprint density at radius 3 is 2.83 bits per heavy atom. The number of carbonyl (C=O) groups is 1. The lowest BCUT2D eigenvalue weighted by Crippen LogP contribution is -2.22. The molecule has 5 nitrogen and oxygen atoms in total. The van der Waals surface area contributed by atoms with Gasteiger partial charge in [-0.2, -0.15) is 5.10 Å². The molecule has 1 saturated carbocycles. The van der Waals surface area contributed by atoms with Gasteiger partial charge in [0.2, 0.25) is 0 Å². The summed E-state index contributed by atoms with van der Waals surface area (Å²) in [5, 5.41) is 14.0. The Kier molecular flexibility index (Phi) is 4.24. The highest BCUT2D eigenvalue weighted by Crippen LogP contribution is 2.31. The monoisotopic (exact) mass is 272 g/mol. The first-order valence-electron chi connectivity index (χ1n) is 6.21. The molecule has 18 heavy (non-hydrogen) atoms. The fourth-order valence-electron chi connectivity index (χ4n) is 2.25. The van der Waals surface area contributed by atoms with E-state index >= 15 is 0 Å². The first-order chi connectivity index (χ1) is 8.63. The Hall–Kier alpha value is -1.07. The third-order valence-electron chi connectivity index (χ3n) is 3.24. The molecule has 0 saturated heterocycles. The predicted molar refractivity (Wildman–Crippen MR) is 66.7 cm³/mol. The Morgan fingerprint density at radius 2 is 2.22 bits per heavy atom. The van der Waals surface area contributed by atoms with E-state index in [4.69, 9.17) is 16.3 Å². The smallest absolute Gasteiger partial charge is 0.342 e. The Morgan fingerprint density at radius 1 is 1.56 bits per heavy atom. The van der Waals surface area contributed by atoms with Gasteiger partial charge in [0.1, 0.15) is 10.7 Å². The molecule has 1 aliphatic carbocycles. The van der Waals surface area contributed by atoms with Gasteiger partial charge in [-0.1, -0.05) is 11.6 Å². The number of ether oxygens (including phenoxy) is 1. The summed E-state index contributed by atoms with van der Waals surface area (Å²) in [5.41, 5.74) is 0.310. The van der Waals surface area contributed by atoms with E-state index in [1.807, 2.05) is 0 Å². The molecule has 100 valence electrons. The standard InChI is InChI=1S/C12H17ClN2O3/c1-2-18-12(17)10-7-14-15(11(10)13)8-3-5-9(16)6-4-8/h7-9,16H,2-6H2,1H3/t8-,9+. The van der Waals surface area contributed by atoms with Gasteiger partial charge in [-0.25, -0.2) is 4.79 Å². The molecule has 1 fully saturated rings. The third kappa shape index (κ3) is 2.67. The molecule has 1 aromatic rings. The van der Waals surface area contributed by atoms with Crippen molar-refractivity contribution < 1.29 is 14.6 Å². The number of esters is 1. The molecule has 1 N–H and O–H groups in total. The average molecular weight is 273 g/mol. The molecular weight excluding hydrogens is 256 g/mol. The molecule has 2 rings (SSSR count). The van der Waals surface area contributed by atoms with Crippen LogP contribution in [0.15, 0.2) is 6.20 Å². The number of aliphatic hydroxyl groups excluding tert-OH is 1. The largest absolute Gasteiger partial charge is 0.462 e. The van der Waals surface area contributed by atoms with Crippen molar-refractivity contribution in [2.24, 2.45) is 0 Å². The SMILES string of the molecule is CCOC(=O)c1cnn([C@H]2CC[C@@H](O)CC2)c1Cl. The molecule has 1 heterocycles. The zero-order chi connectivity index (χ0) is 13.1. The molecule has 0 spiro atoms. The van der Waals surface area contributed by atoms with E-state index in [-0.39, 0.29) is 12.1 Å². The lowest BCUT2D eigenvalue weighted by Gasteiger charge is -2.26. The van der Waals surface area contributed by atoms with Crippen LogP contribution in [0.25, 0.3) is 0 Å². The van der Waals surface area contributed by atoms with Crippen LogP contribution in [0.5, 0.6) is 0 Å². The molecular formula is C12H17ClN2O3. The number of halogens is 1. The summed E-state index contributed by atoms with van der Waals surface area (Å²) in [6.45, 7) is 2.06. The van der Waals surface area contributed by atoms with E-state index in [0.717, 1.165) is 25.7 Å². The molecule has 6 heteroatoms. The Labute approximate surface area is 111 Å². The molecule has 0 unspecified atom stereocenters. The molecule has 0 aromatic carbocycles. The zero-order valence-electron chi connectivity index (χ0n) is 10.3. The van der Waals surface area contributed by atoms with Crippen molar-refractivity contribution in [1.82, 2.24) is 9.78 Å². The number of hydrogen-bond acceptors (Lipinski definition) is 4. The summed E-state index contributed by atoms with van der Waals surface area (Å²) in [6.07, 6.45) is 4.37. The van der Waals surface area contributed by atoms with E-state index in [1.165, 1.54) is 6.20 Å². The lowest BCUT2D eigenvalue weighted by atomic mass is 9.93. The quantitative estimate of drug-likeness (QED) is 0.857. The van der Waals surface area contributed by atoms with Crippen LogP contribution in [-0.2, 0) is 4.74 Å². The van der Waals surface area contributed by atoms with E-state index in [2.05, 4.69) is 5.10 Å². The van der Waals surface area contributed by atoms with Crippen molar-refractivity contribution in [3.8, 4) is 0 Å². The molecule has 1 aliphatic rings. The second-order valence-corrected chi connectivity index (χ2v) is 4.83. The molecule has 0 atom stereocenters. The minimum atomic E-state index is -0.440. The number of aliphatic hydroxyl groups is 1. The summed E-state index contributed by atoms with van der Waals surface area (Å²) in [5.74, 6) is -0.440. The summed E-state index contributed by atoms with van der Waals surface area (Å²) in [6, 6.07) is 0.157. The number of carbonyl (C=O) groups excluding carboxylic acids is 1. The second kappa shape index (κ2) is 5.71. The van der Waals surface area contributed by atoms with Crippen molar-refractivity contribution in [2.75, 3.05) is 6.61 Å². The average Bonchev–Trinajstić information content (AvgIpc) is 2.73. The summed E-state index contributed by atoms with van der Waals surface area (Å²) in [7, 11) is 0. The minimum absolute atomic E-state index is 0.157. The van der Waals surface area contributed by atoms with Crippen LogP contribution in [0.4, 0.5) is 0 Å². The third-order valence-corrected chi connectivity index (χ3v) is 3.62. The van der Waals surface area contributed by atoms with Gasteiger partial charge in [0.25, 0.3) is 0 Å². The van der Waals surface area contributed by atoms with Crippen molar-refractivity contribution in [2.45, 2.75) is 44.8 Å². The summed E-state index contributed by atoms with van der Waals surface area (Å²) >= 11 is 6.16. The highest BCUT2D eigenvalue weighted by molar-refractivity contribution is 6.32. The highest BCUT2D eigenvalue weighted by Gasteiger charge is 2.25. The topological polar surface area (TPSA) is 64.3 Å². The van der Waals surface area contributed by atoms with Gasteiger partial charge in [0, 0.05) is 0 Å². The van der Waals surface area contributed by atoms with Crippen molar-refractivity contribution in [3.05, 3.63) is 16.9 Å². The second-order valence-electron chi connectivity index (χ2n) is 4.48. The maximum atomic E-state index is 11.6. The minimum Gasteiger partial charge on any atom is -0.462 e. The van der Waals surface area contributed by atoms with Crippen molar-refractivity contribution in [1.29, 1.82) is 0 Å². The normalized spacial score (nSPS) is 23.9. The number of aromatic nitrogens is 2. The highest BCUT2D eigenvalue weighted by atomic mass is 35.5. The molecule has 0 bridgehead atoms. The van der Waals surface area contributed by atoms with E-state index in [0.29, 0.717) is 17.3 Å². The maximum Gasteiger partial charge on any atom is 0.342 e. The maximum absolute atomic E-state index is 11.6. The molecule has 0 aliphatic heterocycles. The predicted octanol–water partition coefficient (Wildman–Crippen LogP) is 2.19. The van der Waals surface area contributed by atoms with Crippen LogP contribution in [0.3, 0.4) is 0 Å². The van der Waals surface area contributed by atoms with E-state index < -0.39 is 5.97 Å². The zero-order valence-corrected chi connectivity index (χ0v) is 11.1. The number of hydrogen-bond donors (Lipinski definition) is 1. The van der Waals surface area contributed by atoms with Crippen molar-refractivity contribution in [3.63, 3.8) is 0 Å². The molecule has 0 amide bonds. The summed E-state index contributed by atoms with van der Waals surface area (Å²) in [4.78, 5) is 11.6. The van der Waals surface area contributed by atoms with Gasteiger partial charge in [-0.05, 0) is 32.6 Å². The lowest BCUT2D eigenvalue weighted by molar-refractivity contribution is 0.0526. The van der Waals surface area contributed by atoms with Gasteiger partial charge in [0.15, 0.2) is 0 Å². The van der Waals surface area contributed by atoms with Gasteiger partial charge >= 0.3 is 5.97 Å². The first kappa shape index (κ1) is 13.4. The Balaban J connectivity index is 2.13. The fraction of sp³-hybridized carbons (Fsp3) is 0.667. The van der Waals surface area contributed by atoms with Crippen LogP contribution in [0.2, 0.25) is 5.15 Å². The first-order valence-corrected chi connectivity index (χ1v) is 6.59. The van der Waals surface area contributed by atoms with Gasteiger partial charge in [-0.15, -0.1) is 0 Å². The van der Waals surface area contributed by atoms with Gasteiger partial charge in [-0.3, -0.25) is 4.68 Å². The van der Waals surface area contributed by atoms with Crippen LogP contribution in [0.1, 0.15) is 49.0 Å². The molecule has 0 radical (unpaired) electrons. The van der Waals surface area contributed by atoms with Gasteiger partial charge in [0.05, 0.1) is 24.9 Å². The fourth-order valence-corrected chi connectivity index (χ4v) is 2.56. The van der Waals surface area contributed by atoms with Crippen LogP contribution in [-0.4, -0.2) is 33.6 Å². The van der Waals surface area contributed by atoms with E-state index in [9.17, 15) is 9.90 Å². The molecule has 1 aromatic heterocycles. The van der Waals surface area contributed by atoms with Crippen LogP contribution >= 0.6 is 11.6 Å². The Bertz CT molecular complexity index is 425. The van der Waals surface area contributed by atoms with E-state index in [1.54, 1.807) is 11.6 Å². The van der Waals surface area contributed by atoms with Crippen LogP contribution in [0, 0.1) is 0 Å². The number of nitrogens with zero attached hydrogens (tertiary/aromatic N) is 2.